The average Bonchev–Trinajstić information content (AvgIpc) is 2.31. The van der Waals surface area contributed by atoms with Gasteiger partial charge in [0.15, 0.2) is 0 Å². The quantitative estimate of drug-likeness (QED) is 0.518. The number of nitrogens with zero attached hydrogens (tertiary/aromatic N) is 1. The van der Waals surface area contributed by atoms with Crippen LogP contribution in [-0.2, 0) is 14.4 Å². The molecule has 0 aromatic heterocycles. The summed E-state index contributed by atoms with van der Waals surface area (Å²) in [6.45, 7) is 1.48. The molecule has 0 spiro atoms. The zero-order valence-electron chi connectivity index (χ0n) is 10.4. The van der Waals surface area contributed by atoms with Crippen LogP contribution in [0.1, 0.15) is 19.3 Å². The van der Waals surface area contributed by atoms with E-state index in [4.69, 9.17) is 5.11 Å². The maximum Gasteiger partial charge on any atom is 0.305 e. The van der Waals surface area contributed by atoms with Gasteiger partial charge in [0.05, 0.1) is 6.42 Å². The van der Waals surface area contributed by atoms with E-state index in [1.54, 1.807) is 7.05 Å². The molecule has 18 heavy (non-hydrogen) atoms. The number of piperazine rings is 1. The molecule has 1 aliphatic heterocycles. The van der Waals surface area contributed by atoms with E-state index in [2.05, 4.69) is 10.6 Å². The Morgan fingerprint density at radius 2 is 2.28 bits per heavy atom. The second-order valence-corrected chi connectivity index (χ2v) is 4.20. The molecule has 0 bridgehead atoms. The number of carbonyl (C=O) groups excluding carboxylic acids is 2. The Hall–Kier alpha value is -1.63. The molecule has 7 nitrogen and oxygen atoms in total. The first-order valence-corrected chi connectivity index (χ1v) is 6.00. The molecule has 1 heterocycles. The number of carbonyl (C=O) groups is 3. The third-order valence-electron chi connectivity index (χ3n) is 2.84. The summed E-state index contributed by atoms with van der Waals surface area (Å²) in [5, 5.41) is 14.3. The predicted molar refractivity (Wildman–Crippen MR) is 63.9 cm³/mol. The lowest BCUT2D eigenvalue weighted by Gasteiger charge is -2.34. The molecule has 0 saturated carbocycles. The van der Waals surface area contributed by atoms with Crippen molar-refractivity contribution in [3.05, 3.63) is 0 Å². The van der Waals surface area contributed by atoms with Gasteiger partial charge in [0.25, 0.3) is 0 Å². The normalized spacial score (nSPS) is 19.5. The summed E-state index contributed by atoms with van der Waals surface area (Å²) >= 11 is 0. The van der Waals surface area contributed by atoms with Crippen molar-refractivity contribution in [1.29, 1.82) is 0 Å². The van der Waals surface area contributed by atoms with Crippen LogP contribution in [0.4, 0.5) is 0 Å². The van der Waals surface area contributed by atoms with E-state index >= 15 is 0 Å². The Morgan fingerprint density at radius 3 is 2.89 bits per heavy atom. The molecule has 102 valence electrons. The highest BCUT2D eigenvalue weighted by molar-refractivity contribution is 5.91. The Labute approximate surface area is 106 Å². The van der Waals surface area contributed by atoms with Gasteiger partial charge in [0.1, 0.15) is 6.04 Å². The van der Waals surface area contributed by atoms with E-state index in [0.717, 1.165) is 6.54 Å². The van der Waals surface area contributed by atoms with E-state index in [9.17, 15) is 14.4 Å². The Kier molecular flexibility index (Phi) is 5.57. The number of amides is 2. The van der Waals surface area contributed by atoms with Crippen molar-refractivity contribution in [2.45, 2.75) is 25.3 Å². The Balaban J connectivity index is 2.60. The highest BCUT2D eigenvalue weighted by Gasteiger charge is 2.34. The van der Waals surface area contributed by atoms with E-state index < -0.39 is 12.0 Å². The largest absolute Gasteiger partial charge is 0.481 e. The number of hydrogen-bond donors (Lipinski definition) is 3. The van der Waals surface area contributed by atoms with Crippen LogP contribution in [0.5, 0.6) is 0 Å². The first kappa shape index (κ1) is 14.4. The molecule has 1 saturated heterocycles. The van der Waals surface area contributed by atoms with Crippen molar-refractivity contribution in [2.24, 2.45) is 0 Å². The van der Waals surface area contributed by atoms with Crippen LogP contribution in [0.25, 0.3) is 0 Å². The van der Waals surface area contributed by atoms with Crippen LogP contribution >= 0.6 is 0 Å². The van der Waals surface area contributed by atoms with Crippen molar-refractivity contribution in [1.82, 2.24) is 15.5 Å². The molecular formula is C11H19N3O4. The highest BCUT2D eigenvalue weighted by Crippen LogP contribution is 2.11. The number of aliphatic carboxylic acids is 1. The van der Waals surface area contributed by atoms with Crippen LogP contribution in [-0.4, -0.2) is 60.5 Å². The van der Waals surface area contributed by atoms with Crippen LogP contribution in [0.2, 0.25) is 0 Å². The first-order valence-electron chi connectivity index (χ1n) is 6.00. The monoisotopic (exact) mass is 257 g/mol. The van der Waals surface area contributed by atoms with Gasteiger partial charge in [-0.05, 0) is 20.0 Å². The van der Waals surface area contributed by atoms with Gasteiger partial charge in [0.2, 0.25) is 11.8 Å². The van der Waals surface area contributed by atoms with E-state index in [0.29, 0.717) is 25.9 Å². The number of nitrogens with one attached hydrogen (secondary N) is 2. The van der Waals surface area contributed by atoms with Gasteiger partial charge in [-0.1, -0.05) is 0 Å². The molecule has 0 aromatic carbocycles. The van der Waals surface area contributed by atoms with Gasteiger partial charge in [-0.2, -0.15) is 0 Å². The smallest absolute Gasteiger partial charge is 0.305 e. The van der Waals surface area contributed by atoms with Gasteiger partial charge in [-0.15, -0.1) is 0 Å². The summed E-state index contributed by atoms with van der Waals surface area (Å²) in [4.78, 5) is 35.6. The van der Waals surface area contributed by atoms with Crippen molar-refractivity contribution in [3.8, 4) is 0 Å². The van der Waals surface area contributed by atoms with Crippen molar-refractivity contribution < 1.29 is 19.5 Å². The second-order valence-electron chi connectivity index (χ2n) is 4.20. The van der Waals surface area contributed by atoms with Crippen LogP contribution in [0, 0.1) is 0 Å². The summed E-state index contributed by atoms with van der Waals surface area (Å²) in [7, 11) is 1.80. The van der Waals surface area contributed by atoms with E-state index in [1.807, 2.05) is 0 Å². The fourth-order valence-corrected chi connectivity index (χ4v) is 1.94. The minimum Gasteiger partial charge on any atom is -0.481 e. The van der Waals surface area contributed by atoms with Crippen LogP contribution < -0.4 is 10.6 Å². The zero-order valence-corrected chi connectivity index (χ0v) is 10.4. The summed E-state index contributed by atoms with van der Waals surface area (Å²) in [5.41, 5.74) is 0. The van der Waals surface area contributed by atoms with Crippen LogP contribution in [0.3, 0.4) is 0 Å². The predicted octanol–water partition coefficient (Wildman–Crippen LogP) is -1.21. The number of carboxylic acids is 1. The molecule has 1 atom stereocenters. The Morgan fingerprint density at radius 1 is 1.56 bits per heavy atom. The van der Waals surface area contributed by atoms with E-state index in [1.165, 1.54) is 4.90 Å². The molecule has 7 heteroatoms. The molecule has 0 radical (unpaired) electrons. The number of hydrogen-bond acceptors (Lipinski definition) is 4. The summed E-state index contributed by atoms with van der Waals surface area (Å²) in [6.07, 6.45) is 0.654. The van der Waals surface area contributed by atoms with E-state index in [-0.39, 0.29) is 18.2 Å². The second kappa shape index (κ2) is 6.95. The summed E-state index contributed by atoms with van der Waals surface area (Å²) < 4.78 is 0. The lowest BCUT2D eigenvalue weighted by atomic mass is 10.1. The van der Waals surface area contributed by atoms with Gasteiger partial charge in [-0.3, -0.25) is 14.4 Å². The van der Waals surface area contributed by atoms with Gasteiger partial charge in [0, 0.05) is 19.5 Å². The number of carboxylic acid groups (broad SMARTS) is 1. The minimum absolute atomic E-state index is 0.161. The fourth-order valence-electron chi connectivity index (χ4n) is 1.94. The lowest BCUT2D eigenvalue weighted by Crippen LogP contribution is -2.57. The van der Waals surface area contributed by atoms with Crippen molar-refractivity contribution >= 4 is 17.8 Å². The maximum absolute atomic E-state index is 11.9. The third kappa shape index (κ3) is 3.99. The molecule has 0 aliphatic carbocycles. The summed E-state index contributed by atoms with van der Waals surface area (Å²) in [6, 6.07) is -0.877. The molecule has 1 aliphatic rings. The maximum atomic E-state index is 11.9. The minimum atomic E-state index is -1.08. The Bertz CT molecular complexity index is 332. The van der Waals surface area contributed by atoms with Crippen LogP contribution in [0.15, 0.2) is 0 Å². The molecular weight excluding hydrogens is 238 g/mol. The van der Waals surface area contributed by atoms with Crippen molar-refractivity contribution in [3.63, 3.8) is 0 Å². The first-order chi connectivity index (χ1) is 8.56. The van der Waals surface area contributed by atoms with Crippen molar-refractivity contribution in [2.75, 3.05) is 26.7 Å². The lowest BCUT2D eigenvalue weighted by molar-refractivity contribution is -0.148. The SMILES string of the molecule is CNCCCC(=O)N1CCNC(=O)C1CC(=O)O. The molecule has 1 unspecified atom stereocenters. The topological polar surface area (TPSA) is 98.7 Å². The molecule has 1 fully saturated rings. The zero-order chi connectivity index (χ0) is 13.5. The molecule has 1 rings (SSSR count). The number of rotatable bonds is 6. The summed E-state index contributed by atoms with van der Waals surface area (Å²) in [5.74, 6) is -1.62. The standard InChI is InChI=1S/C11H19N3O4/c1-12-4-2-3-9(15)14-6-5-13-11(18)8(14)7-10(16)17/h8,12H,2-7H2,1H3,(H,13,18)(H,16,17). The van der Waals surface area contributed by atoms with Gasteiger partial charge in [-0.25, -0.2) is 0 Å². The molecule has 3 N–H and O–H groups in total. The molecule has 0 aromatic rings. The van der Waals surface area contributed by atoms with Gasteiger partial charge < -0.3 is 20.6 Å². The highest BCUT2D eigenvalue weighted by atomic mass is 16.4. The average molecular weight is 257 g/mol. The third-order valence-corrected chi connectivity index (χ3v) is 2.84. The fraction of sp³-hybridized carbons (Fsp3) is 0.727. The van der Waals surface area contributed by atoms with Gasteiger partial charge >= 0.3 is 5.97 Å². The molecule has 2 amide bonds.